The van der Waals surface area contributed by atoms with Crippen LogP contribution < -0.4 is 4.72 Å². The van der Waals surface area contributed by atoms with Crippen LogP contribution in [0.15, 0.2) is 47.4 Å². The monoisotopic (exact) mass is 373 g/mol. The first-order valence-electron chi connectivity index (χ1n) is 6.57. The highest BCUT2D eigenvalue weighted by Gasteiger charge is 2.18. The summed E-state index contributed by atoms with van der Waals surface area (Å²) in [4.78, 5) is 10.7. The van der Waals surface area contributed by atoms with Crippen molar-refractivity contribution in [3.05, 3.63) is 58.1 Å². The second kappa shape index (κ2) is 7.21. The predicted molar refractivity (Wildman–Crippen MR) is 89.7 cm³/mol. The van der Waals surface area contributed by atoms with Gasteiger partial charge in [0.05, 0.1) is 20.6 Å². The maximum absolute atomic E-state index is 12.3. The zero-order valence-corrected chi connectivity index (χ0v) is 14.1. The number of hydrogen-bond donors (Lipinski definition) is 2. The number of halogens is 2. The van der Waals surface area contributed by atoms with Crippen LogP contribution in [0, 0.1) is 0 Å². The summed E-state index contributed by atoms with van der Waals surface area (Å²) in [6.07, 6.45) is 0.183. The minimum atomic E-state index is -3.81. The van der Waals surface area contributed by atoms with Crippen LogP contribution in [0.3, 0.4) is 0 Å². The van der Waals surface area contributed by atoms with Crippen molar-refractivity contribution in [2.75, 3.05) is 4.72 Å². The number of benzene rings is 2. The lowest BCUT2D eigenvalue weighted by Gasteiger charge is -2.13. The maximum atomic E-state index is 12.3. The fourth-order valence-corrected chi connectivity index (χ4v) is 3.77. The zero-order valence-electron chi connectivity index (χ0n) is 11.8. The molecule has 2 aromatic rings. The average Bonchev–Trinajstić information content (AvgIpc) is 2.50. The van der Waals surface area contributed by atoms with Crippen LogP contribution in [0.2, 0.25) is 10.0 Å². The highest BCUT2D eigenvalue weighted by atomic mass is 35.5. The van der Waals surface area contributed by atoms with Crippen molar-refractivity contribution < 1.29 is 18.3 Å². The van der Waals surface area contributed by atoms with Crippen LogP contribution in [0.4, 0.5) is 5.69 Å². The van der Waals surface area contributed by atoms with Gasteiger partial charge in [-0.05, 0) is 36.2 Å². The molecule has 0 spiro atoms. The van der Waals surface area contributed by atoms with E-state index in [9.17, 15) is 13.2 Å². The third-order valence-corrected chi connectivity index (χ3v) is 4.98. The summed E-state index contributed by atoms with van der Waals surface area (Å²) in [7, 11) is -3.81. The first-order valence-corrected chi connectivity index (χ1v) is 8.81. The molecule has 0 aliphatic rings. The fraction of sp³-hybridized carbons (Fsp3) is 0.133. The molecule has 0 fully saturated rings. The highest BCUT2D eigenvalue weighted by Crippen LogP contribution is 2.34. The average molecular weight is 374 g/mol. The summed E-state index contributed by atoms with van der Waals surface area (Å²) in [5.41, 5.74) is 0.682. The number of aryl methyl sites for hydroxylation is 1. The number of nitrogens with one attached hydrogen (secondary N) is 1. The van der Waals surface area contributed by atoms with Gasteiger partial charge in [-0.2, -0.15) is 0 Å². The molecule has 8 heteroatoms. The van der Waals surface area contributed by atoms with Gasteiger partial charge in [0.25, 0.3) is 10.0 Å². The number of anilines is 1. The Balaban J connectivity index is 2.29. The summed E-state index contributed by atoms with van der Waals surface area (Å²) in [6.45, 7) is 0. The van der Waals surface area contributed by atoms with Crippen molar-refractivity contribution in [1.29, 1.82) is 0 Å². The zero-order chi connectivity index (χ0) is 17.0. The summed E-state index contributed by atoms with van der Waals surface area (Å²) in [5.74, 6) is -0.939. The maximum Gasteiger partial charge on any atom is 0.303 e. The normalized spacial score (nSPS) is 11.2. The predicted octanol–water partition coefficient (Wildman–Crippen LogP) is 3.81. The Morgan fingerprint density at radius 2 is 1.65 bits per heavy atom. The molecule has 0 atom stereocenters. The molecule has 2 N–H and O–H groups in total. The van der Waals surface area contributed by atoms with E-state index in [1.54, 1.807) is 18.2 Å². The molecule has 0 saturated carbocycles. The van der Waals surface area contributed by atoms with Gasteiger partial charge in [-0.3, -0.25) is 9.52 Å². The second-order valence-electron chi connectivity index (χ2n) is 4.75. The molecule has 0 radical (unpaired) electrons. The lowest BCUT2D eigenvalue weighted by Crippen LogP contribution is -2.13. The number of sulfonamides is 1. The summed E-state index contributed by atoms with van der Waals surface area (Å²) < 4.78 is 27.0. The van der Waals surface area contributed by atoms with Crippen LogP contribution in [-0.2, 0) is 21.2 Å². The van der Waals surface area contributed by atoms with Gasteiger partial charge in [-0.1, -0.05) is 41.4 Å². The van der Waals surface area contributed by atoms with Crippen LogP contribution in [0.1, 0.15) is 12.0 Å². The molecule has 23 heavy (non-hydrogen) atoms. The van der Waals surface area contributed by atoms with Crippen molar-refractivity contribution in [3.63, 3.8) is 0 Å². The third-order valence-electron chi connectivity index (χ3n) is 3.02. The lowest BCUT2D eigenvalue weighted by atomic mass is 10.1. The Labute approximate surface area is 143 Å². The van der Waals surface area contributed by atoms with E-state index in [-0.39, 0.29) is 33.5 Å². The third kappa shape index (κ3) is 4.60. The molecule has 0 amide bonds. The molecular weight excluding hydrogens is 361 g/mol. The van der Waals surface area contributed by atoms with E-state index in [2.05, 4.69) is 4.72 Å². The molecule has 0 bridgehead atoms. The van der Waals surface area contributed by atoms with E-state index >= 15 is 0 Å². The number of rotatable bonds is 6. The van der Waals surface area contributed by atoms with Crippen molar-refractivity contribution in [1.82, 2.24) is 0 Å². The molecule has 0 saturated heterocycles. The SMILES string of the molecule is O=C(O)CCc1cc(Cl)c(NS(=O)(=O)c2ccccc2)c(Cl)c1. The van der Waals surface area contributed by atoms with Crippen LogP contribution in [-0.4, -0.2) is 19.5 Å². The van der Waals surface area contributed by atoms with Gasteiger partial charge in [0.15, 0.2) is 0 Å². The molecular formula is C15H13Cl2NO4S. The number of aliphatic carboxylic acids is 1. The quantitative estimate of drug-likeness (QED) is 0.806. The lowest BCUT2D eigenvalue weighted by molar-refractivity contribution is -0.136. The van der Waals surface area contributed by atoms with E-state index in [1.807, 2.05) is 0 Å². The second-order valence-corrected chi connectivity index (χ2v) is 7.24. The number of carboxylic acid groups (broad SMARTS) is 1. The Morgan fingerprint density at radius 3 is 2.17 bits per heavy atom. The van der Waals surface area contributed by atoms with E-state index in [0.29, 0.717) is 5.56 Å². The number of carbonyl (C=O) groups is 1. The highest BCUT2D eigenvalue weighted by molar-refractivity contribution is 7.92. The van der Waals surface area contributed by atoms with E-state index < -0.39 is 16.0 Å². The Hall–Kier alpha value is -1.76. The van der Waals surface area contributed by atoms with Crippen LogP contribution in [0.25, 0.3) is 0 Å². The largest absolute Gasteiger partial charge is 0.481 e. The van der Waals surface area contributed by atoms with Crippen LogP contribution >= 0.6 is 23.2 Å². The van der Waals surface area contributed by atoms with Gasteiger partial charge >= 0.3 is 5.97 Å². The number of hydrogen-bond acceptors (Lipinski definition) is 3. The van der Waals surface area contributed by atoms with Gasteiger partial charge in [-0.15, -0.1) is 0 Å². The fourth-order valence-electron chi connectivity index (χ4n) is 1.91. The molecule has 0 heterocycles. The van der Waals surface area contributed by atoms with Crippen molar-refractivity contribution in [2.24, 2.45) is 0 Å². The van der Waals surface area contributed by atoms with Crippen LogP contribution in [0.5, 0.6) is 0 Å². The topological polar surface area (TPSA) is 83.5 Å². The summed E-state index contributed by atoms with van der Waals surface area (Å²) >= 11 is 12.2. The van der Waals surface area contributed by atoms with Crippen molar-refractivity contribution in [3.8, 4) is 0 Å². The van der Waals surface area contributed by atoms with E-state index in [1.165, 1.54) is 24.3 Å². The minimum Gasteiger partial charge on any atom is -0.481 e. The standard InChI is InChI=1S/C15H13Cl2NO4S/c16-12-8-10(6-7-14(19)20)9-13(17)15(12)18-23(21,22)11-4-2-1-3-5-11/h1-5,8-9,18H,6-7H2,(H,19,20). The molecule has 0 aromatic heterocycles. The molecule has 2 rings (SSSR count). The first kappa shape index (κ1) is 17.6. The number of carboxylic acids is 1. The summed E-state index contributed by atoms with van der Waals surface area (Å²) in [6, 6.07) is 10.8. The Morgan fingerprint density at radius 1 is 1.09 bits per heavy atom. The Kier molecular flexibility index (Phi) is 5.51. The van der Waals surface area contributed by atoms with Gasteiger partial charge in [0.2, 0.25) is 0 Å². The van der Waals surface area contributed by atoms with Crippen molar-refractivity contribution in [2.45, 2.75) is 17.7 Å². The smallest absolute Gasteiger partial charge is 0.303 e. The van der Waals surface area contributed by atoms with E-state index in [0.717, 1.165) is 0 Å². The summed E-state index contributed by atoms with van der Waals surface area (Å²) in [5, 5.41) is 8.91. The Bertz CT molecular complexity index is 800. The molecule has 0 unspecified atom stereocenters. The van der Waals surface area contributed by atoms with E-state index in [4.69, 9.17) is 28.3 Å². The first-order chi connectivity index (χ1) is 10.8. The minimum absolute atomic E-state index is 0.0660. The van der Waals surface area contributed by atoms with Gasteiger partial charge < -0.3 is 5.11 Å². The van der Waals surface area contributed by atoms with Crippen molar-refractivity contribution >= 4 is 44.9 Å². The van der Waals surface area contributed by atoms with Gasteiger partial charge in [-0.25, -0.2) is 8.42 Å². The van der Waals surface area contributed by atoms with Gasteiger partial charge in [0, 0.05) is 6.42 Å². The van der Waals surface area contributed by atoms with Gasteiger partial charge in [0.1, 0.15) is 0 Å². The molecule has 122 valence electrons. The molecule has 5 nitrogen and oxygen atoms in total. The molecule has 0 aliphatic carbocycles. The molecule has 2 aromatic carbocycles. The molecule has 0 aliphatic heterocycles.